The first-order chi connectivity index (χ1) is 10.8. The van der Waals surface area contributed by atoms with Gasteiger partial charge >= 0.3 is 12.1 Å². The van der Waals surface area contributed by atoms with E-state index in [0.29, 0.717) is 18.4 Å². The van der Waals surface area contributed by atoms with E-state index < -0.39 is 30.0 Å². The van der Waals surface area contributed by atoms with Gasteiger partial charge in [-0.3, -0.25) is 4.79 Å². The van der Waals surface area contributed by atoms with Gasteiger partial charge in [-0.05, 0) is 30.9 Å². The molecule has 4 nitrogen and oxygen atoms in total. The van der Waals surface area contributed by atoms with Crippen LogP contribution < -0.4 is 5.32 Å². The van der Waals surface area contributed by atoms with Gasteiger partial charge in [0.2, 0.25) is 5.91 Å². The Morgan fingerprint density at radius 2 is 1.91 bits per heavy atom. The minimum atomic E-state index is -4.24. The molecule has 0 radical (unpaired) electrons. The highest BCUT2D eigenvalue weighted by Crippen LogP contribution is 2.37. The fraction of sp³-hybridized carbons (Fsp3) is 0.500. The Labute approximate surface area is 131 Å². The third-order valence-electron chi connectivity index (χ3n) is 4.10. The molecular formula is C16H18F3NO3. The van der Waals surface area contributed by atoms with E-state index in [1.807, 2.05) is 0 Å². The van der Waals surface area contributed by atoms with Gasteiger partial charge in [-0.2, -0.15) is 13.2 Å². The largest absolute Gasteiger partial charge is 0.478 e. The Hall–Kier alpha value is -2.05. The molecule has 2 N–H and O–H groups in total. The quantitative estimate of drug-likeness (QED) is 0.892. The zero-order valence-corrected chi connectivity index (χ0v) is 12.4. The summed E-state index contributed by atoms with van der Waals surface area (Å²) in [6.45, 7) is 0. The summed E-state index contributed by atoms with van der Waals surface area (Å²) in [5.41, 5.74) is 0.375. The van der Waals surface area contributed by atoms with Crippen molar-refractivity contribution in [3.8, 4) is 0 Å². The molecule has 0 saturated heterocycles. The average molecular weight is 329 g/mol. The molecule has 126 valence electrons. The molecule has 1 amide bonds. The number of halogens is 3. The van der Waals surface area contributed by atoms with Gasteiger partial charge < -0.3 is 10.4 Å². The van der Waals surface area contributed by atoms with E-state index in [1.54, 1.807) is 12.1 Å². The molecule has 0 bridgehead atoms. The SMILES string of the molecule is O=C(Cc1ccccc1C(=O)O)NC1CCCC(C(F)(F)F)C1. The van der Waals surface area contributed by atoms with Crippen LogP contribution in [0.15, 0.2) is 24.3 Å². The number of carboxylic acids is 1. The van der Waals surface area contributed by atoms with Gasteiger partial charge in [-0.1, -0.05) is 24.6 Å². The summed E-state index contributed by atoms with van der Waals surface area (Å²) < 4.78 is 38.3. The van der Waals surface area contributed by atoms with Crippen LogP contribution in [0.2, 0.25) is 0 Å². The number of carbonyl (C=O) groups is 2. The molecule has 0 spiro atoms. The van der Waals surface area contributed by atoms with Crippen LogP contribution in [0.5, 0.6) is 0 Å². The summed E-state index contributed by atoms with van der Waals surface area (Å²) >= 11 is 0. The van der Waals surface area contributed by atoms with E-state index in [0.717, 1.165) is 0 Å². The van der Waals surface area contributed by atoms with Crippen molar-refractivity contribution < 1.29 is 27.9 Å². The molecule has 1 aliphatic rings. The summed E-state index contributed by atoms with van der Waals surface area (Å²) in [4.78, 5) is 23.1. The summed E-state index contributed by atoms with van der Waals surface area (Å²) in [5.74, 6) is -2.97. The third kappa shape index (κ3) is 4.71. The second kappa shape index (κ2) is 7.02. The predicted molar refractivity (Wildman–Crippen MR) is 77.0 cm³/mol. The average Bonchev–Trinajstić information content (AvgIpc) is 2.46. The van der Waals surface area contributed by atoms with E-state index >= 15 is 0 Å². The number of nitrogens with one attached hydrogen (secondary N) is 1. The second-order valence-electron chi connectivity index (χ2n) is 5.81. The smallest absolute Gasteiger partial charge is 0.391 e. The molecule has 7 heteroatoms. The normalized spacial score (nSPS) is 21.7. The second-order valence-corrected chi connectivity index (χ2v) is 5.81. The first kappa shape index (κ1) is 17.3. The molecule has 0 aliphatic heterocycles. The molecule has 2 unspecified atom stereocenters. The van der Waals surface area contributed by atoms with Gasteiger partial charge in [0.25, 0.3) is 0 Å². The van der Waals surface area contributed by atoms with Crippen molar-refractivity contribution in [2.75, 3.05) is 0 Å². The monoisotopic (exact) mass is 329 g/mol. The lowest BCUT2D eigenvalue weighted by molar-refractivity contribution is -0.184. The van der Waals surface area contributed by atoms with E-state index in [1.165, 1.54) is 12.1 Å². The lowest BCUT2D eigenvalue weighted by Crippen LogP contribution is -2.42. The van der Waals surface area contributed by atoms with Gasteiger partial charge in [0.1, 0.15) is 0 Å². The molecular weight excluding hydrogens is 311 g/mol. The number of amides is 1. The lowest BCUT2D eigenvalue weighted by atomic mass is 9.85. The number of aromatic carboxylic acids is 1. The van der Waals surface area contributed by atoms with Gasteiger partial charge in [-0.25, -0.2) is 4.79 Å². The highest BCUT2D eigenvalue weighted by molar-refractivity contribution is 5.91. The Bertz CT molecular complexity index is 586. The van der Waals surface area contributed by atoms with Crippen LogP contribution in [0.4, 0.5) is 13.2 Å². The molecule has 0 heterocycles. The number of rotatable bonds is 4. The van der Waals surface area contributed by atoms with E-state index in [9.17, 15) is 22.8 Å². The van der Waals surface area contributed by atoms with Crippen molar-refractivity contribution >= 4 is 11.9 Å². The maximum Gasteiger partial charge on any atom is 0.391 e. The zero-order valence-electron chi connectivity index (χ0n) is 12.4. The molecule has 0 aromatic heterocycles. The Morgan fingerprint density at radius 1 is 1.22 bits per heavy atom. The summed E-state index contributed by atoms with van der Waals surface area (Å²) in [7, 11) is 0. The van der Waals surface area contributed by atoms with Gasteiger partial charge in [0, 0.05) is 6.04 Å². The minimum Gasteiger partial charge on any atom is -0.478 e. The van der Waals surface area contributed by atoms with E-state index in [-0.39, 0.29) is 24.8 Å². The Morgan fingerprint density at radius 3 is 2.57 bits per heavy atom. The standard InChI is InChI=1S/C16H18F3NO3/c17-16(18,19)11-5-3-6-12(9-11)20-14(21)8-10-4-1-2-7-13(10)15(22)23/h1-2,4,7,11-12H,3,5-6,8-9H2,(H,20,21)(H,22,23). The van der Waals surface area contributed by atoms with Crippen LogP contribution in [0.3, 0.4) is 0 Å². The van der Waals surface area contributed by atoms with Crippen LogP contribution in [-0.2, 0) is 11.2 Å². The molecule has 1 fully saturated rings. The first-order valence-electron chi connectivity index (χ1n) is 7.44. The zero-order chi connectivity index (χ0) is 17.0. The molecule has 23 heavy (non-hydrogen) atoms. The topological polar surface area (TPSA) is 66.4 Å². The highest BCUT2D eigenvalue weighted by atomic mass is 19.4. The molecule has 1 aliphatic carbocycles. The van der Waals surface area contributed by atoms with Crippen molar-refractivity contribution in [1.82, 2.24) is 5.32 Å². The molecule has 2 atom stereocenters. The highest BCUT2D eigenvalue weighted by Gasteiger charge is 2.42. The molecule has 1 aromatic carbocycles. The summed E-state index contributed by atoms with van der Waals surface area (Å²) in [6, 6.07) is 5.59. The number of benzene rings is 1. The number of hydrogen-bond donors (Lipinski definition) is 2. The van der Waals surface area contributed by atoms with Crippen LogP contribution in [0.1, 0.15) is 41.6 Å². The van der Waals surface area contributed by atoms with Crippen LogP contribution in [0, 0.1) is 5.92 Å². The van der Waals surface area contributed by atoms with Gasteiger partial charge in [-0.15, -0.1) is 0 Å². The lowest BCUT2D eigenvalue weighted by Gasteiger charge is -2.31. The number of hydrogen-bond acceptors (Lipinski definition) is 2. The van der Waals surface area contributed by atoms with Crippen LogP contribution >= 0.6 is 0 Å². The van der Waals surface area contributed by atoms with Crippen LogP contribution in [-0.4, -0.2) is 29.2 Å². The summed E-state index contributed by atoms with van der Waals surface area (Å²) in [5, 5.41) is 11.7. The Kier molecular flexibility index (Phi) is 5.28. The predicted octanol–water partition coefficient (Wildman–Crippen LogP) is 3.16. The van der Waals surface area contributed by atoms with Crippen molar-refractivity contribution in [3.05, 3.63) is 35.4 Å². The van der Waals surface area contributed by atoms with Crippen molar-refractivity contribution in [2.24, 2.45) is 5.92 Å². The molecule has 1 aromatic rings. The molecule has 2 rings (SSSR count). The first-order valence-corrected chi connectivity index (χ1v) is 7.44. The number of carboxylic acid groups (broad SMARTS) is 1. The third-order valence-corrected chi connectivity index (χ3v) is 4.10. The maximum absolute atomic E-state index is 12.8. The van der Waals surface area contributed by atoms with Gasteiger partial charge in [0.05, 0.1) is 17.9 Å². The number of carbonyl (C=O) groups excluding carboxylic acids is 1. The van der Waals surface area contributed by atoms with Crippen LogP contribution in [0.25, 0.3) is 0 Å². The number of alkyl halides is 3. The van der Waals surface area contributed by atoms with Crippen molar-refractivity contribution in [3.63, 3.8) is 0 Å². The van der Waals surface area contributed by atoms with E-state index in [4.69, 9.17) is 5.11 Å². The Balaban J connectivity index is 1.96. The van der Waals surface area contributed by atoms with Gasteiger partial charge in [0.15, 0.2) is 0 Å². The summed E-state index contributed by atoms with van der Waals surface area (Å²) in [6.07, 6.45) is -3.48. The van der Waals surface area contributed by atoms with Crippen molar-refractivity contribution in [1.29, 1.82) is 0 Å². The minimum absolute atomic E-state index is 0.0273. The fourth-order valence-corrected chi connectivity index (χ4v) is 2.95. The van der Waals surface area contributed by atoms with Crippen molar-refractivity contribution in [2.45, 2.75) is 44.3 Å². The molecule has 1 saturated carbocycles. The fourth-order valence-electron chi connectivity index (χ4n) is 2.95. The maximum atomic E-state index is 12.8. The van der Waals surface area contributed by atoms with E-state index in [2.05, 4.69) is 5.32 Å².